The van der Waals surface area contributed by atoms with Crippen LogP contribution in [0.1, 0.15) is 62.3 Å². The van der Waals surface area contributed by atoms with Gasteiger partial charge >= 0.3 is 0 Å². The number of hydrogen-bond acceptors (Lipinski definition) is 2. The summed E-state index contributed by atoms with van der Waals surface area (Å²) in [5, 5.41) is 2.97. The lowest BCUT2D eigenvalue weighted by atomic mass is 9.89. The van der Waals surface area contributed by atoms with Crippen molar-refractivity contribution in [1.29, 1.82) is 0 Å². The van der Waals surface area contributed by atoms with Gasteiger partial charge in [0.2, 0.25) is 5.91 Å². The van der Waals surface area contributed by atoms with E-state index < -0.39 is 0 Å². The molecule has 0 saturated carbocycles. The topological polar surface area (TPSA) is 46.2 Å². The maximum atomic E-state index is 11.8. The van der Waals surface area contributed by atoms with E-state index in [1.54, 1.807) is 0 Å². The standard InChI is InChI=1S/C17H23NO2/c1-12(19)7-10-17(20)18-13(2)15-9-8-14-5-3-4-6-16(14)11-15/h8-9,11,13H,3-7,10H2,1-2H3,(H,18,20). The van der Waals surface area contributed by atoms with E-state index in [2.05, 4.69) is 23.5 Å². The molecule has 1 aromatic rings. The summed E-state index contributed by atoms with van der Waals surface area (Å²) in [6.07, 6.45) is 5.47. The average molecular weight is 273 g/mol. The maximum Gasteiger partial charge on any atom is 0.220 e. The Kier molecular flexibility index (Phi) is 4.94. The smallest absolute Gasteiger partial charge is 0.220 e. The zero-order valence-corrected chi connectivity index (χ0v) is 12.4. The van der Waals surface area contributed by atoms with Crippen molar-refractivity contribution in [2.45, 2.75) is 58.4 Å². The fraction of sp³-hybridized carbons (Fsp3) is 0.529. The maximum absolute atomic E-state index is 11.8. The molecule has 20 heavy (non-hydrogen) atoms. The van der Waals surface area contributed by atoms with Crippen LogP contribution < -0.4 is 5.32 Å². The first-order chi connectivity index (χ1) is 9.56. The molecule has 1 aliphatic carbocycles. The van der Waals surface area contributed by atoms with Crippen molar-refractivity contribution in [3.63, 3.8) is 0 Å². The van der Waals surface area contributed by atoms with Crippen molar-refractivity contribution in [2.75, 3.05) is 0 Å². The van der Waals surface area contributed by atoms with Crippen LogP contribution in [0.5, 0.6) is 0 Å². The van der Waals surface area contributed by atoms with Crippen LogP contribution >= 0.6 is 0 Å². The highest BCUT2D eigenvalue weighted by molar-refractivity contribution is 5.83. The molecule has 0 radical (unpaired) electrons. The number of benzene rings is 1. The van der Waals surface area contributed by atoms with Crippen LogP contribution in [-0.2, 0) is 22.4 Å². The van der Waals surface area contributed by atoms with Gasteiger partial charge in [0, 0.05) is 12.8 Å². The van der Waals surface area contributed by atoms with Crippen molar-refractivity contribution in [2.24, 2.45) is 0 Å². The van der Waals surface area contributed by atoms with Gasteiger partial charge in [0.25, 0.3) is 0 Å². The average Bonchev–Trinajstić information content (AvgIpc) is 2.44. The van der Waals surface area contributed by atoms with Crippen LogP contribution in [0.15, 0.2) is 18.2 Å². The van der Waals surface area contributed by atoms with Crippen LogP contribution in [0, 0.1) is 0 Å². The Morgan fingerprint density at radius 3 is 2.55 bits per heavy atom. The highest BCUT2D eigenvalue weighted by Gasteiger charge is 2.14. The van der Waals surface area contributed by atoms with Gasteiger partial charge < -0.3 is 10.1 Å². The fourth-order valence-corrected chi connectivity index (χ4v) is 2.71. The predicted molar refractivity (Wildman–Crippen MR) is 79.6 cm³/mol. The first kappa shape index (κ1) is 14.8. The lowest BCUT2D eigenvalue weighted by Gasteiger charge is -2.20. The second-order valence-corrected chi connectivity index (χ2v) is 5.73. The summed E-state index contributed by atoms with van der Waals surface area (Å²) in [4.78, 5) is 22.6. The highest BCUT2D eigenvalue weighted by Crippen LogP contribution is 2.24. The fourth-order valence-electron chi connectivity index (χ4n) is 2.71. The van der Waals surface area contributed by atoms with E-state index in [0.29, 0.717) is 6.42 Å². The molecule has 0 spiro atoms. The molecule has 3 heteroatoms. The third-order valence-corrected chi connectivity index (χ3v) is 3.95. The number of nitrogens with one attached hydrogen (secondary N) is 1. The molecule has 0 aliphatic heterocycles. The van der Waals surface area contributed by atoms with E-state index in [4.69, 9.17) is 0 Å². The van der Waals surface area contributed by atoms with Crippen molar-refractivity contribution >= 4 is 11.7 Å². The summed E-state index contributed by atoms with van der Waals surface area (Å²) in [6.45, 7) is 3.51. The minimum Gasteiger partial charge on any atom is -0.350 e. The zero-order chi connectivity index (χ0) is 14.5. The van der Waals surface area contributed by atoms with Crippen LogP contribution in [-0.4, -0.2) is 11.7 Å². The lowest BCUT2D eigenvalue weighted by Crippen LogP contribution is -2.27. The third kappa shape index (κ3) is 3.92. The molecule has 108 valence electrons. The van der Waals surface area contributed by atoms with E-state index in [-0.39, 0.29) is 24.2 Å². The monoisotopic (exact) mass is 273 g/mol. The molecule has 1 unspecified atom stereocenters. The number of carbonyl (C=O) groups is 2. The Morgan fingerprint density at radius 1 is 1.15 bits per heavy atom. The van der Waals surface area contributed by atoms with Crippen molar-refractivity contribution in [1.82, 2.24) is 5.32 Å². The lowest BCUT2D eigenvalue weighted by molar-refractivity contribution is -0.125. The molecule has 1 N–H and O–H groups in total. The van der Waals surface area contributed by atoms with Crippen LogP contribution in [0.25, 0.3) is 0 Å². The molecule has 0 saturated heterocycles. The first-order valence-corrected chi connectivity index (χ1v) is 7.47. The highest BCUT2D eigenvalue weighted by atomic mass is 16.2. The van der Waals surface area contributed by atoms with E-state index >= 15 is 0 Å². The minimum absolute atomic E-state index is 0.00156. The Balaban J connectivity index is 1.96. The van der Waals surface area contributed by atoms with Crippen molar-refractivity contribution in [3.8, 4) is 0 Å². The molecule has 1 amide bonds. The summed E-state index contributed by atoms with van der Waals surface area (Å²) in [5.74, 6) is 0.00649. The summed E-state index contributed by atoms with van der Waals surface area (Å²) in [5.41, 5.74) is 4.04. The van der Waals surface area contributed by atoms with E-state index in [9.17, 15) is 9.59 Å². The number of rotatable bonds is 5. The van der Waals surface area contributed by atoms with E-state index in [0.717, 1.165) is 12.0 Å². The first-order valence-electron chi connectivity index (χ1n) is 7.47. The molecule has 0 fully saturated rings. The molecule has 0 heterocycles. The summed E-state index contributed by atoms with van der Waals surface area (Å²) in [7, 11) is 0. The molecule has 1 aromatic carbocycles. The summed E-state index contributed by atoms with van der Waals surface area (Å²) < 4.78 is 0. The predicted octanol–water partition coefficient (Wildman–Crippen LogP) is 3.11. The van der Waals surface area contributed by atoms with Crippen LogP contribution in [0.3, 0.4) is 0 Å². The van der Waals surface area contributed by atoms with Gasteiger partial charge in [-0.1, -0.05) is 18.2 Å². The van der Waals surface area contributed by atoms with Gasteiger partial charge in [0.05, 0.1) is 6.04 Å². The molecule has 0 aromatic heterocycles. The number of carbonyl (C=O) groups excluding carboxylic acids is 2. The number of Topliss-reactive ketones (excluding diaryl/α,β-unsaturated/α-hetero) is 1. The Bertz CT molecular complexity index is 508. The summed E-state index contributed by atoms with van der Waals surface area (Å²) >= 11 is 0. The van der Waals surface area contributed by atoms with Gasteiger partial charge in [0.15, 0.2) is 0 Å². The quantitative estimate of drug-likeness (QED) is 0.896. The van der Waals surface area contributed by atoms with Gasteiger partial charge in [-0.2, -0.15) is 0 Å². The van der Waals surface area contributed by atoms with Crippen LogP contribution in [0.2, 0.25) is 0 Å². The second-order valence-electron chi connectivity index (χ2n) is 5.73. The van der Waals surface area contributed by atoms with Gasteiger partial charge in [0.1, 0.15) is 5.78 Å². The number of aryl methyl sites for hydroxylation is 2. The molecular formula is C17H23NO2. The Hall–Kier alpha value is -1.64. The molecule has 2 rings (SSSR count). The molecule has 0 bridgehead atoms. The third-order valence-electron chi connectivity index (χ3n) is 3.95. The number of hydrogen-bond donors (Lipinski definition) is 1. The van der Waals surface area contributed by atoms with Crippen molar-refractivity contribution in [3.05, 3.63) is 34.9 Å². The largest absolute Gasteiger partial charge is 0.350 e. The molecule has 3 nitrogen and oxygen atoms in total. The van der Waals surface area contributed by atoms with Gasteiger partial charge in [-0.25, -0.2) is 0 Å². The van der Waals surface area contributed by atoms with Gasteiger partial charge in [-0.15, -0.1) is 0 Å². The molecular weight excluding hydrogens is 250 g/mol. The van der Waals surface area contributed by atoms with Crippen molar-refractivity contribution < 1.29 is 9.59 Å². The Morgan fingerprint density at radius 2 is 1.85 bits per heavy atom. The summed E-state index contributed by atoms with van der Waals surface area (Å²) in [6, 6.07) is 6.54. The van der Waals surface area contributed by atoms with Gasteiger partial charge in [-0.3, -0.25) is 4.79 Å². The zero-order valence-electron chi connectivity index (χ0n) is 12.4. The normalized spacial score (nSPS) is 15.3. The molecule has 1 atom stereocenters. The SMILES string of the molecule is CC(=O)CCC(=O)NC(C)c1ccc2c(c1)CCCC2. The van der Waals surface area contributed by atoms with E-state index in [1.165, 1.54) is 37.3 Å². The molecule has 1 aliphatic rings. The van der Waals surface area contributed by atoms with Crippen LogP contribution in [0.4, 0.5) is 0 Å². The Labute approximate surface area is 120 Å². The minimum atomic E-state index is -0.0505. The second kappa shape index (κ2) is 6.69. The number of ketones is 1. The van der Waals surface area contributed by atoms with Gasteiger partial charge in [-0.05, 0) is 56.2 Å². The number of amides is 1. The number of fused-ring (bicyclic) bond motifs is 1. The van der Waals surface area contributed by atoms with E-state index in [1.807, 2.05) is 6.92 Å².